The Balaban J connectivity index is 3.89. The van der Waals surface area contributed by atoms with Gasteiger partial charge in [-0.05, 0) is 26.2 Å². The van der Waals surface area contributed by atoms with Gasteiger partial charge in [0.15, 0.2) is 0 Å². The van der Waals surface area contributed by atoms with E-state index in [4.69, 9.17) is 4.74 Å². The number of carbonyl (C=O) groups excluding carboxylic acids is 3. The van der Waals surface area contributed by atoms with Gasteiger partial charge in [-0.15, -0.1) is 0 Å². The summed E-state index contributed by atoms with van der Waals surface area (Å²) in [6.45, 7) is 4.86. The van der Waals surface area contributed by atoms with E-state index in [-0.39, 0.29) is 24.3 Å². The van der Waals surface area contributed by atoms with E-state index in [1.54, 1.807) is 7.05 Å². The Morgan fingerprint density at radius 3 is 2.57 bits per heavy atom. The molecule has 0 aromatic rings. The van der Waals surface area contributed by atoms with Gasteiger partial charge in [0, 0.05) is 26.6 Å². The summed E-state index contributed by atoms with van der Waals surface area (Å²) in [5.74, 6) is -0.194. The molecule has 6 nitrogen and oxygen atoms in total. The molecule has 0 bridgehead atoms. The normalized spacial score (nSPS) is 11.8. The molecule has 0 rings (SSSR count). The van der Waals surface area contributed by atoms with E-state index in [0.717, 1.165) is 19.3 Å². The highest BCUT2D eigenvalue weighted by Crippen LogP contribution is 2.05. The van der Waals surface area contributed by atoms with Crippen molar-refractivity contribution in [3.63, 3.8) is 0 Å². The Kier molecular flexibility index (Phi) is 11.5. The Morgan fingerprint density at radius 2 is 2.00 bits per heavy atom. The number of amides is 3. The summed E-state index contributed by atoms with van der Waals surface area (Å²) < 4.78 is 5.43. The van der Waals surface area contributed by atoms with E-state index in [9.17, 15) is 14.4 Å². The van der Waals surface area contributed by atoms with Crippen LogP contribution < -0.4 is 5.32 Å². The lowest BCUT2D eigenvalue weighted by atomic mass is 10.1. The number of nitrogens with zero attached hydrogens (tertiary/aromatic N) is 1. The molecule has 0 aliphatic rings. The quantitative estimate of drug-likeness (QED) is 0.437. The Hall–Kier alpha value is -1.43. The summed E-state index contributed by atoms with van der Waals surface area (Å²) in [6, 6.07) is 0. The average Bonchev–Trinajstić information content (AvgIpc) is 2.48. The van der Waals surface area contributed by atoms with Crippen molar-refractivity contribution < 1.29 is 19.1 Å². The van der Waals surface area contributed by atoms with Crippen LogP contribution in [0.2, 0.25) is 0 Å². The Morgan fingerprint density at radius 1 is 1.29 bits per heavy atom. The van der Waals surface area contributed by atoms with Crippen LogP contribution in [0.4, 0.5) is 0 Å². The highest BCUT2D eigenvalue weighted by molar-refractivity contribution is 5.86. The summed E-state index contributed by atoms with van der Waals surface area (Å²) in [5.41, 5.74) is 0. The van der Waals surface area contributed by atoms with Crippen LogP contribution in [0.25, 0.3) is 0 Å². The van der Waals surface area contributed by atoms with Crippen molar-refractivity contribution in [1.82, 2.24) is 10.2 Å². The second-order valence-electron chi connectivity index (χ2n) is 5.06. The summed E-state index contributed by atoms with van der Waals surface area (Å²) in [7, 11) is 1.61. The number of ether oxygens (including phenoxy) is 1. The van der Waals surface area contributed by atoms with Crippen LogP contribution in [0.1, 0.15) is 52.4 Å². The summed E-state index contributed by atoms with van der Waals surface area (Å²) in [6.07, 6.45) is 4.29. The molecule has 0 radical (unpaired) electrons. The van der Waals surface area contributed by atoms with Crippen molar-refractivity contribution >= 4 is 18.2 Å². The number of carbonyl (C=O) groups is 3. The fraction of sp³-hybridized carbons (Fsp3) is 0.800. The third kappa shape index (κ3) is 10.0. The van der Waals surface area contributed by atoms with E-state index >= 15 is 0 Å². The number of nitrogens with one attached hydrogen (secondary N) is 1. The monoisotopic (exact) mass is 300 g/mol. The van der Waals surface area contributed by atoms with Crippen LogP contribution in [-0.2, 0) is 19.1 Å². The molecule has 1 atom stereocenters. The topological polar surface area (TPSA) is 75.7 Å². The largest absolute Gasteiger partial charge is 0.378 e. The summed E-state index contributed by atoms with van der Waals surface area (Å²) >= 11 is 0. The predicted molar refractivity (Wildman–Crippen MR) is 80.6 cm³/mol. The van der Waals surface area contributed by atoms with Crippen molar-refractivity contribution in [1.29, 1.82) is 0 Å². The third-order valence-electron chi connectivity index (χ3n) is 3.10. The zero-order valence-corrected chi connectivity index (χ0v) is 13.4. The first-order valence-corrected chi connectivity index (χ1v) is 7.62. The van der Waals surface area contributed by atoms with E-state index in [1.165, 1.54) is 4.90 Å². The number of unbranched alkanes of at least 4 members (excludes halogenated alkanes) is 2. The van der Waals surface area contributed by atoms with E-state index < -0.39 is 0 Å². The first kappa shape index (κ1) is 19.6. The fourth-order valence-electron chi connectivity index (χ4n) is 1.85. The Labute approximate surface area is 127 Å². The van der Waals surface area contributed by atoms with Gasteiger partial charge >= 0.3 is 0 Å². The van der Waals surface area contributed by atoms with Gasteiger partial charge in [0.1, 0.15) is 0 Å². The zero-order chi connectivity index (χ0) is 16.1. The molecule has 0 saturated heterocycles. The Bertz CT molecular complexity index is 321. The van der Waals surface area contributed by atoms with Gasteiger partial charge in [0.2, 0.25) is 18.2 Å². The molecule has 0 aliphatic heterocycles. The van der Waals surface area contributed by atoms with Gasteiger partial charge in [0.05, 0.1) is 12.5 Å². The minimum Gasteiger partial charge on any atom is -0.378 e. The molecule has 0 saturated carbocycles. The maximum absolute atomic E-state index is 11.9. The van der Waals surface area contributed by atoms with Crippen molar-refractivity contribution in [2.24, 2.45) is 0 Å². The smallest absolute Gasteiger partial charge is 0.231 e. The highest BCUT2D eigenvalue weighted by atomic mass is 16.5. The van der Waals surface area contributed by atoms with Crippen LogP contribution in [0.3, 0.4) is 0 Å². The molecule has 0 fully saturated rings. The third-order valence-corrected chi connectivity index (χ3v) is 3.10. The second-order valence-corrected chi connectivity index (χ2v) is 5.06. The van der Waals surface area contributed by atoms with Gasteiger partial charge < -0.3 is 10.1 Å². The lowest BCUT2D eigenvalue weighted by molar-refractivity contribution is -0.140. The van der Waals surface area contributed by atoms with Gasteiger partial charge in [-0.1, -0.05) is 13.3 Å². The maximum Gasteiger partial charge on any atom is 0.231 e. The van der Waals surface area contributed by atoms with Gasteiger partial charge in [-0.25, -0.2) is 0 Å². The lowest BCUT2D eigenvalue weighted by Gasteiger charge is -2.18. The van der Waals surface area contributed by atoms with Crippen LogP contribution >= 0.6 is 0 Å². The molecular formula is C15H28N2O4. The summed E-state index contributed by atoms with van der Waals surface area (Å²) in [4.78, 5) is 35.1. The molecular weight excluding hydrogens is 272 g/mol. The van der Waals surface area contributed by atoms with Crippen LogP contribution in [-0.4, -0.2) is 49.4 Å². The van der Waals surface area contributed by atoms with Crippen molar-refractivity contribution in [2.45, 2.75) is 58.5 Å². The van der Waals surface area contributed by atoms with Crippen LogP contribution in [0, 0.1) is 0 Å². The molecule has 0 aromatic carbocycles. The predicted octanol–water partition coefficient (Wildman–Crippen LogP) is 1.48. The maximum atomic E-state index is 11.9. The number of hydrogen-bond donors (Lipinski definition) is 1. The zero-order valence-electron chi connectivity index (χ0n) is 13.4. The molecule has 122 valence electrons. The van der Waals surface area contributed by atoms with E-state index in [1.807, 2.05) is 13.8 Å². The minimum atomic E-state index is -0.208. The molecule has 1 N–H and O–H groups in total. The summed E-state index contributed by atoms with van der Waals surface area (Å²) in [5, 5.41) is 2.56. The number of rotatable bonds is 12. The fourth-order valence-corrected chi connectivity index (χ4v) is 1.85. The average molecular weight is 300 g/mol. The van der Waals surface area contributed by atoms with Gasteiger partial charge in [-0.3, -0.25) is 19.3 Å². The van der Waals surface area contributed by atoms with Crippen molar-refractivity contribution in [3.8, 4) is 0 Å². The van der Waals surface area contributed by atoms with Gasteiger partial charge in [-0.2, -0.15) is 0 Å². The van der Waals surface area contributed by atoms with E-state index in [2.05, 4.69) is 5.32 Å². The first-order chi connectivity index (χ1) is 10.0. The molecule has 0 heterocycles. The van der Waals surface area contributed by atoms with Crippen LogP contribution in [0.5, 0.6) is 0 Å². The highest BCUT2D eigenvalue weighted by Gasteiger charge is 2.16. The molecule has 0 aromatic heterocycles. The van der Waals surface area contributed by atoms with Crippen molar-refractivity contribution in [3.05, 3.63) is 0 Å². The molecule has 0 aliphatic carbocycles. The molecule has 1 unspecified atom stereocenters. The van der Waals surface area contributed by atoms with Crippen LogP contribution in [0.15, 0.2) is 0 Å². The molecule has 0 spiro atoms. The molecule has 3 amide bonds. The standard InChI is InChI=1S/C15H28N2O4/c1-4-10-21-13(2)11-15(20)17(12-18)9-7-5-6-8-14(19)16-3/h12-13H,4-11H2,1-3H3,(H,16,19). The second kappa shape index (κ2) is 12.3. The number of imide groups is 1. The van der Waals surface area contributed by atoms with E-state index in [0.29, 0.717) is 32.4 Å². The lowest BCUT2D eigenvalue weighted by Crippen LogP contribution is -2.33. The molecule has 6 heteroatoms. The SMILES string of the molecule is CCCOC(C)CC(=O)N(C=O)CCCCCC(=O)NC. The van der Waals surface area contributed by atoms with Crippen molar-refractivity contribution in [2.75, 3.05) is 20.2 Å². The van der Waals surface area contributed by atoms with Gasteiger partial charge in [0.25, 0.3) is 0 Å². The minimum absolute atomic E-state index is 0.0141. The molecule has 21 heavy (non-hydrogen) atoms. The first-order valence-electron chi connectivity index (χ1n) is 7.62. The number of hydrogen-bond acceptors (Lipinski definition) is 4.